The maximum Gasteiger partial charge on any atom is 0.191 e. The third kappa shape index (κ3) is 4.07. The van der Waals surface area contributed by atoms with E-state index in [1.54, 1.807) is 18.0 Å². The number of hydrogen-bond donors (Lipinski definition) is 1. The molecule has 4 heterocycles. The van der Waals surface area contributed by atoms with Gasteiger partial charge in [-0.1, -0.05) is 11.8 Å². The summed E-state index contributed by atoms with van der Waals surface area (Å²) in [6.45, 7) is 5.70. The van der Waals surface area contributed by atoms with Crippen LogP contribution in [0.2, 0.25) is 0 Å². The molecular formula is C17H25N5O2S. The minimum Gasteiger partial charge on any atom is -0.449 e. The molecule has 2 saturated heterocycles. The largest absolute Gasteiger partial charge is 0.449 e. The molecule has 2 aliphatic heterocycles. The second-order valence-corrected chi connectivity index (χ2v) is 7.70. The summed E-state index contributed by atoms with van der Waals surface area (Å²) in [5.74, 6) is 3.05. The van der Waals surface area contributed by atoms with Crippen molar-refractivity contribution in [2.45, 2.75) is 62.1 Å². The average Bonchev–Trinajstić information content (AvgIpc) is 3.36. The minimum atomic E-state index is 0.283. The Labute approximate surface area is 151 Å². The lowest BCUT2D eigenvalue weighted by Gasteiger charge is -2.23. The second kappa shape index (κ2) is 7.88. The van der Waals surface area contributed by atoms with Crippen LogP contribution < -0.4 is 5.32 Å². The van der Waals surface area contributed by atoms with E-state index in [1.807, 2.05) is 6.92 Å². The van der Waals surface area contributed by atoms with E-state index in [0.29, 0.717) is 11.8 Å². The molecule has 0 aromatic carbocycles. The number of piperidine rings is 1. The van der Waals surface area contributed by atoms with Crippen molar-refractivity contribution < 1.29 is 9.15 Å². The first-order chi connectivity index (χ1) is 12.3. The van der Waals surface area contributed by atoms with E-state index in [1.165, 1.54) is 0 Å². The standard InChI is InChI=1S/C17H25N5O2S/c1-12-19-14(10-24-12)11-25-17-21-20-16(13-4-6-18-7-5-13)22(17)9-15-3-2-8-23-15/h10,13,15,18H,2-9,11H2,1H3/t15-/m1/s1. The van der Waals surface area contributed by atoms with Crippen LogP contribution >= 0.6 is 11.8 Å². The van der Waals surface area contributed by atoms with Gasteiger partial charge in [-0.15, -0.1) is 10.2 Å². The van der Waals surface area contributed by atoms with Crippen molar-refractivity contribution in [2.24, 2.45) is 0 Å². The Morgan fingerprint density at radius 3 is 2.88 bits per heavy atom. The smallest absolute Gasteiger partial charge is 0.191 e. The Hall–Kier alpha value is -1.38. The van der Waals surface area contributed by atoms with Crippen LogP contribution in [0.3, 0.4) is 0 Å². The van der Waals surface area contributed by atoms with Crippen LogP contribution in [0.5, 0.6) is 0 Å². The van der Waals surface area contributed by atoms with Crippen molar-refractivity contribution in [1.29, 1.82) is 0 Å². The predicted octanol–water partition coefficient (Wildman–Crippen LogP) is 2.51. The lowest BCUT2D eigenvalue weighted by Crippen LogP contribution is -2.29. The van der Waals surface area contributed by atoms with E-state index < -0.39 is 0 Å². The van der Waals surface area contributed by atoms with E-state index in [9.17, 15) is 0 Å². The van der Waals surface area contributed by atoms with Crippen LogP contribution in [-0.4, -0.2) is 45.5 Å². The summed E-state index contributed by atoms with van der Waals surface area (Å²) in [6, 6.07) is 0. The van der Waals surface area contributed by atoms with E-state index in [2.05, 4.69) is 25.1 Å². The molecule has 0 bridgehead atoms. The van der Waals surface area contributed by atoms with Crippen LogP contribution in [0.4, 0.5) is 0 Å². The van der Waals surface area contributed by atoms with Crippen LogP contribution in [-0.2, 0) is 17.0 Å². The van der Waals surface area contributed by atoms with Gasteiger partial charge in [0.2, 0.25) is 0 Å². The van der Waals surface area contributed by atoms with Gasteiger partial charge in [-0.05, 0) is 38.8 Å². The predicted molar refractivity (Wildman–Crippen MR) is 94.6 cm³/mol. The summed E-state index contributed by atoms with van der Waals surface area (Å²) in [7, 11) is 0. The third-order valence-electron chi connectivity index (χ3n) is 4.88. The summed E-state index contributed by atoms with van der Waals surface area (Å²) in [5.41, 5.74) is 0.942. The SMILES string of the molecule is Cc1nc(CSc2nnc(C3CCNCC3)n2C[C@H]2CCCO2)co1. The molecule has 4 rings (SSSR count). The van der Waals surface area contributed by atoms with Gasteiger partial charge in [-0.25, -0.2) is 4.98 Å². The fraction of sp³-hybridized carbons (Fsp3) is 0.706. The van der Waals surface area contributed by atoms with E-state index >= 15 is 0 Å². The number of thioether (sulfide) groups is 1. The number of aryl methyl sites for hydroxylation is 1. The topological polar surface area (TPSA) is 78.0 Å². The van der Waals surface area contributed by atoms with Crippen LogP contribution in [0.15, 0.2) is 15.8 Å². The molecule has 0 aliphatic carbocycles. The summed E-state index contributed by atoms with van der Waals surface area (Å²) in [6.07, 6.45) is 6.52. The number of rotatable bonds is 6. The first-order valence-electron chi connectivity index (χ1n) is 9.09. The minimum absolute atomic E-state index is 0.283. The molecule has 25 heavy (non-hydrogen) atoms. The highest BCUT2D eigenvalue weighted by atomic mass is 32.2. The summed E-state index contributed by atoms with van der Waals surface area (Å²) in [5, 5.41) is 13.5. The van der Waals surface area contributed by atoms with Crippen molar-refractivity contribution in [2.75, 3.05) is 19.7 Å². The average molecular weight is 363 g/mol. The van der Waals surface area contributed by atoms with Gasteiger partial charge in [0.1, 0.15) is 12.1 Å². The fourth-order valence-corrected chi connectivity index (χ4v) is 4.40. The van der Waals surface area contributed by atoms with Crippen molar-refractivity contribution in [3.63, 3.8) is 0 Å². The molecule has 1 atom stereocenters. The van der Waals surface area contributed by atoms with Gasteiger partial charge in [-0.3, -0.25) is 0 Å². The van der Waals surface area contributed by atoms with Crippen LogP contribution in [0.1, 0.15) is 49.0 Å². The quantitative estimate of drug-likeness (QED) is 0.790. The molecule has 2 fully saturated rings. The molecule has 2 aromatic heterocycles. The maximum absolute atomic E-state index is 5.86. The van der Waals surface area contributed by atoms with Crippen molar-refractivity contribution in [3.05, 3.63) is 23.7 Å². The maximum atomic E-state index is 5.86. The van der Waals surface area contributed by atoms with E-state index in [0.717, 1.165) is 74.4 Å². The lowest BCUT2D eigenvalue weighted by molar-refractivity contribution is 0.0936. The number of oxazole rings is 1. The zero-order chi connectivity index (χ0) is 17.1. The number of nitrogens with one attached hydrogen (secondary N) is 1. The Balaban J connectivity index is 1.52. The monoisotopic (exact) mass is 363 g/mol. The molecule has 0 saturated carbocycles. The zero-order valence-corrected chi connectivity index (χ0v) is 15.4. The highest BCUT2D eigenvalue weighted by Crippen LogP contribution is 2.30. The van der Waals surface area contributed by atoms with Gasteiger partial charge < -0.3 is 19.0 Å². The van der Waals surface area contributed by atoms with Gasteiger partial charge in [0.25, 0.3) is 0 Å². The van der Waals surface area contributed by atoms with E-state index in [-0.39, 0.29) is 6.10 Å². The Morgan fingerprint density at radius 2 is 2.16 bits per heavy atom. The van der Waals surface area contributed by atoms with Gasteiger partial charge in [-0.2, -0.15) is 0 Å². The van der Waals surface area contributed by atoms with Crippen LogP contribution in [0, 0.1) is 6.92 Å². The second-order valence-electron chi connectivity index (χ2n) is 6.76. The molecule has 0 unspecified atom stereocenters. The normalized spacial score (nSPS) is 21.9. The Bertz CT molecular complexity index is 689. The molecule has 0 amide bonds. The Morgan fingerprint density at radius 1 is 1.28 bits per heavy atom. The number of ether oxygens (including phenoxy) is 1. The summed E-state index contributed by atoms with van der Waals surface area (Å²) < 4.78 is 13.5. The van der Waals surface area contributed by atoms with E-state index in [4.69, 9.17) is 9.15 Å². The first kappa shape index (κ1) is 17.1. The molecule has 0 radical (unpaired) electrons. The van der Waals surface area contributed by atoms with Crippen LogP contribution in [0.25, 0.3) is 0 Å². The van der Waals surface area contributed by atoms with Gasteiger partial charge in [0.05, 0.1) is 18.3 Å². The zero-order valence-electron chi connectivity index (χ0n) is 14.6. The van der Waals surface area contributed by atoms with Gasteiger partial charge in [0, 0.05) is 25.2 Å². The lowest BCUT2D eigenvalue weighted by atomic mass is 9.97. The van der Waals surface area contributed by atoms with Crippen molar-refractivity contribution in [3.8, 4) is 0 Å². The molecule has 2 aliphatic rings. The summed E-state index contributed by atoms with van der Waals surface area (Å²) in [4.78, 5) is 4.38. The molecule has 7 nitrogen and oxygen atoms in total. The fourth-order valence-electron chi connectivity index (χ4n) is 3.57. The van der Waals surface area contributed by atoms with Gasteiger partial charge in [0.15, 0.2) is 11.0 Å². The molecule has 2 aromatic rings. The Kier molecular flexibility index (Phi) is 5.38. The molecular weight excluding hydrogens is 338 g/mol. The molecule has 8 heteroatoms. The molecule has 136 valence electrons. The van der Waals surface area contributed by atoms with Crippen molar-refractivity contribution >= 4 is 11.8 Å². The molecule has 1 N–H and O–H groups in total. The molecule has 0 spiro atoms. The highest BCUT2D eigenvalue weighted by Gasteiger charge is 2.26. The third-order valence-corrected chi connectivity index (χ3v) is 5.88. The van der Waals surface area contributed by atoms with Crippen molar-refractivity contribution in [1.82, 2.24) is 25.1 Å². The number of nitrogens with zero attached hydrogens (tertiary/aromatic N) is 4. The number of aromatic nitrogens is 4. The number of hydrogen-bond acceptors (Lipinski definition) is 7. The van der Waals surface area contributed by atoms with Gasteiger partial charge >= 0.3 is 0 Å². The highest BCUT2D eigenvalue weighted by molar-refractivity contribution is 7.98. The summed E-state index contributed by atoms with van der Waals surface area (Å²) >= 11 is 1.68. The first-order valence-corrected chi connectivity index (χ1v) is 10.1.